The Labute approximate surface area is 173 Å². The molecule has 162 valence electrons. The molecule has 0 aliphatic heterocycles. The van der Waals surface area contributed by atoms with Gasteiger partial charge in [0.1, 0.15) is 11.5 Å². The number of methoxy groups -OCH3 is 1. The quantitative estimate of drug-likeness (QED) is 0.469. The number of aromatic nitrogens is 3. The van der Waals surface area contributed by atoms with E-state index in [1.54, 1.807) is 10.7 Å². The van der Waals surface area contributed by atoms with Gasteiger partial charge in [-0.25, -0.2) is 4.98 Å². The summed E-state index contributed by atoms with van der Waals surface area (Å²) in [6.07, 6.45) is -2.08. The summed E-state index contributed by atoms with van der Waals surface area (Å²) in [6.45, 7) is 6.31. The van der Waals surface area contributed by atoms with E-state index in [-0.39, 0.29) is 11.5 Å². The first-order valence-electron chi connectivity index (χ1n) is 10.0. The summed E-state index contributed by atoms with van der Waals surface area (Å²) in [4.78, 5) is 4.86. The van der Waals surface area contributed by atoms with Crippen molar-refractivity contribution in [1.29, 1.82) is 0 Å². The van der Waals surface area contributed by atoms with Crippen LogP contribution >= 0.6 is 0 Å². The number of alkyl halides is 3. The molecular formula is C22H26F3N3O2. The van der Waals surface area contributed by atoms with E-state index < -0.39 is 6.36 Å². The van der Waals surface area contributed by atoms with Gasteiger partial charge in [-0.15, -0.1) is 13.2 Å². The zero-order chi connectivity index (χ0) is 22.1. The molecule has 0 aliphatic carbocycles. The van der Waals surface area contributed by atoms with Gasteiger partial charge in [0.2, 0.25) is 0 Å². The molecule has 3 rings (SSSR count). The number of pyridine rings is 1. The van der Waals surface area contributed by atoms with Crippen molar-refractivity contribution in [2.24, 2.45) is 7.05 Å². The molecule has 30 heavy (non-hydrogen) atoms. The zero-order valence-electron chi connectivity index (χ0n) is 17.8. The molecule has 0 aliphatic rings. The van der Waals surface area contributed by atoms with Crippen LogP contribution in [0, 0.1) is 0 Å². The first kappa shape index (κ1) is 21.9. The molecule has 0 amide bonds. The number of nitrogens with zero attached hydrogens (tertiary/aromatic N) is 3. The summed E-state index contributed by atoms with van der Waals surface area (Å²) in [5.74, 6) is 0.277. The molecule has 0 saturated heterocycles. The van der Waals surface area contributed by atoms with E-state index in [4.69, 9.17) is 14.8 Å². The molecule has 0 bridgehead atoms. The van der Waals surface area contributed by atoms with Crippen molar-refractivity contribution in [1.82, 2.24) is 14.8 Å². The molecule has 3 aromatic rings. The van der Waals surface area contributed by atoms with Crippen molar-refractivity contribution in [3.05, 3.63) is 35.5 Å². The molecule has 0 radical (unpaired) electrons. The van der Waals surface area contributed by atoms with Crippen LogP contribution in [-0.4, -0.2) is 28.2 Å². The third kappa shape index (κ3) is 4.22. The Bertz CT molecular complexity index is 1040. The minimum Gasteiger partial charge on any atom is -0.496 e. The number of aryl methyl sites for hydroxylation is 2. The minimum atomic E-state index is -4.77. The van der Waals surface area contributed by atoms with Crippen molar-refractivity contribution >= 4 is 11.0 Å². The maximum Gasteiger partial charge on any atom is 0.573 e. The Balaban J connectivity index is 2.17. The van der Waals surface area contributed by atoms with Crippen molar-refractivity contribution < 1.29 is 22.6 Å². The normalized spacial score (nSPS) is 12.0. The van der Waals surface area contributed by atoms with Crippen LogP contribution in [0.5, 0.6) is 11.5 Å². The Morgan fingerprint density at radius 1 is 1.10 bits per heavy atom. The topological polar surface area (TPSA) is 49.2 Å². The summed E-state index contributed by atoms with van der Waals surface area (Å²) in [7, 11) is 3.27. The molecule has 0 saturated carbocycles. The number of ether oxygens (including phenoxy) is 2. The first-order chi connectivity index (χ1) is 14.2. The molecule has 2 aromatic heterocycles. The van der Waals surface area contributed by atoms with Gasteiger partial charge in [-0.3, -0.25) is 4.68 Å². The van der Waals surface area contributed by atoms with Crippen molar-refractivity contribution in [2.45, 2.75) is 52.3 Å². The van der Waals surface area contributed by atoms with Crippen LogP contribution in [0.4, 0.5) is 13.2 Å². The van der Waals surface area contributed by atoms with E-state index in [1.165, 1.54) is 19.2 Å². The average molecular weight is 421 g/mol. The SMILES string of the molecule is CCc1cc2c(C(CC)CC)nn(C)c2nc1-c1ccc(OC(F)(F)F)cc1OC. The van der Waals surface area contributed by atoms with Gasteiger partial charge < -0.3 is 9.47 Å². The number of hydrogen-bond acceptors (Lipinski definition) is 4. The molecule has 0 N–H and O–H groups in total. The Hall–Kier alpha value is -2.77. The smallest absolute Gasteiger partial charge is 0.496 e. The lowest BCUT2D eigenvalue weighted by molar-refractivity contribution is -0.274. The van der Waals surface area contributed by atoms with Gasteiger partial charge >= 0.3 is 6.36 Å². The maximum atomic E-state index is 12.6. The van der Waals surface area contributed by atoms with Crippen LogP contribution in [0.2, 0.25) is 0 Å². The molecule has 0 unspecified atom stereocenters. The van der Waals surface area contributed by atoms with Gasteiger partial charge in [0.25, 0.3) is 0 Å². The number of hydrogen-bond donors (Lipinski definition) is 0. The molecule has 8 heteroatoms. The monoisotopic (exact) mass is 421 g/mol. The van der Waals surface area contributed by atoms with Gasteiger partial charge in [0.05, 0.1) is 18.5 Å². The Morgan fingerprint density at radius 2 is 1.80 bits per heavy atom. The predicted octanol–water partition coefficient (Wildman–Crippen LogP) is 6.01. The highest BCUT2D eigenvalue weighted by Gasteiger charge is 2.31. The highest BCUT2D eigenvalue weighted by Crippen LogP contribution is 2.38. The van der Waals surface area contributed by atoms with E-state index in [1.807, 2.05) is 14.0 Å². The van der Waals surface area contributed by atoms with E-state index in [9.17, 15) is 13.2 Å². The van der Waals surface area contributed by atoms with Crippen LogP contribution in [0.15, 0.2) is 24.3 Å². The van der Waals surface area contributed by atoms with Crippen molar-refractivity contribution in [2.75, 3.05) is 7.11 Å². The summed E-state index contributed by atoms with van der Waals surface area (Å²) < 4.78 is 48.9. The molecule has 0 atom stereocenters. The third-order valence-electron chi connectivity index (χ3n) is 5.34. The largest absolute Gasteiger partial charge is 0.573 e. The van der Waals surface area contributed by atoms with E-state index in [0.717, 1.165) is 35.1 Å². The highest BCUT2D eigenvalue weighted by atomic mass is 19.4. The van der Waals surface area contributed by atoms with E-state index in [2.05, 4.69) is 24.7 Å². The number of halogens is 3. The lowest BCUT2D eigenvalue weighted by Crippen LogP contribution is -2.17. The number of benzene rings is 1. The van der Waals surface area contributed by atoms with Crippen molar-refractivity contribution in [3.8, 4) is 22.8 Å². The second-order valence-electron chi connectivity index (χ2n) is 7.15. The summed E-state index contributed by atoms with van der Waals surface area (Å²) in [6, 6.07) is 6.14. The van der Waals surface area contributed by atoms with Crippen LogP contribution in [0.1, 0.15) is 50.8 Å². The maximum absolute atomic E-state index is 12.6. The van der Waals surface area contributed by atoms with Crippen LogP contribution in [0.3, 0.4) is 0 Å². The Kier molecular flexibility index (Phi) is 6.24. The molecule has 2 heterocycles. The average Bonchev–Trinajstić information content (AvgIpc) is 3.02. The van der Waals surface area contributed by atoms with Crippen LogP contribution in [-0.2, 0) is 13.5 Å². The Morgan fingerprint density at radius 3 is 2.37 bits per heavy atom. The predicted molar refractivity (Wildman–Crippen MR) is 110 cm³/mol. The molecule has 1 aromatic carbocycles. The minimum absolute atomic E-state index is 0.265. The van der Waals surface area contributed by atoms with Gasteiger partial charge in [0, 0.05) is 30.0 Å². The molecular weight excluding hydrogens is 395 g/mol. The summed E-state index contributed by atoms with van der Waals surface area (Å²) >= 11 is 0. The zero-order valence-corrected chi connectivity index (χ0v) is 17.8. The first-order valence-corrected chi connectivity index (χ1v) is 10.0. The van der Waals surface area contributed by atoms with Gasteiger partial charge in [-0.05, 0) is 43.0 Å². The highest BCUT2D eigenvalue weighted by molar-refractivity contribution is 5.85. The molecule has 0 fully saturated rings. The van der Waals surface area contributed by atoms with Crippen LogP contribution < -0.4 is 9.47 Å². The lowest BCUT2D eigenvalue weighted by Gasteiger charge is -2.15. The second kappa shape index (κ2) is 8.53. The fourth-order valence-corrected chi connectivity index (χ4v) is 3.79. The summed E-state index contributed by atoms with van der Waals surface area (Å²) in [5, 5.41) is 5.73. The number of fused-ring (bicyclic) bond motifs is 1. The van der Waals surface area contributed by atoms with Gasteiger partial charge in [-0.2, -0.15) is 5.10 Å². The van der Waals surface area contributed by atoms with Gasteiger partial charge in [0.15, 0.2) is 5.65 Å². The van der Waals surface area contributed by atoms with Crippen molar-refractivity contribution in [3.63, 3.8) is 0 Å². The molecule has 5 nitrogen and oxygen atoms in total. The standard InChI is InChI=1S/C22H26F3N3O2/c1-6-13(7-2)20-17-11-14(8-3)19(26-21(17)28(4)27-20)16-10-9-15(12-18(16)29-5)30-22(23,24)25/h9-13H,6-8H2,1-5H3. The van der Waals surface area contributed by atoms with E-state index in [0.29, 0.717) is 23.6 Å². The summed E-state index contributed by atoms with van der Waals surface area (Å²) in [5.41, 5.74) is 4.02. The van der Waals surface area contributed by atoms with E-state index >= 15 is 0 Å². The third-order valence-corrected chi connectivity index (χ3v) is 5.34. The fourth-order valence-electron chi connectivity index (χ4n) is 3.79. The molecule has 0 spiro atoms. The number of rotatable bonds is 7. The lowest BCUT2D eigenvalue weighted by atomic mass is 9.95. The second-order valence-corrected chi connectivity index (χ2v) is 7.15. The fraction of sp³-hybridized carbons (Fsp3) is 0.455. The van der Waals surface area contributed by atoms with Gasteiger partial charge in [-0.1, -0.05) is 20.8 Å². The van der Waals surface area contributed by atoms with Crippen LogP contribution in [0.25, 0.3) is 22.3 Å².